The van der Waals surface area contributed by atoms with E-state index in [0.717, 1.165) is 0 Å². The van der Waals surface area contributed by atoms with Crippen LogP contribution in [0.25, 0.3) is 0 Å². The van der Waals surface area contributed by atoms with Gasteiger partial charge in [-0.2, -0.15) is 8.42 Å². The summed E-state index contributed by atoms with van der Waals surface area (Å²) in [6.45, 7) is -0.779. The molecule has 8 heteroatoms. The van der Waals surface area contributed by atoms with E-state index in [2.05, 4.69) is 0 Å². The maximum absolute atomic E-state index is 12.6. The molecule has 0 aromatic heterocycles. The van der Waals surface area contributed by atoms with Gasteiger partial charge in [-0.3, -0.25) is 8.94 Å². The summed E-state index contributed by atoms with van der Waals surface area (Å²) in [6, 6.07) is 0. The van der Waals surface area contributed by atoms with E-state index >= 15 is 0 Å². The zero-order valence-electron chi connectivity index (χ0n) is 8.79. The van der Waals surface area contributed by atoms with Crippen LogP contribution in [0.3, 0.4) is 0 Å². The summed E-state index contributed by atoms with van der Waals surface area (Å²) in [5.41, 5.74) is 0. The summed E-state index contributed by atoms with van der Waals surface area (Å²) in [5.74, 6) is -1.28. The Labute approximate surface area is 94.5 Å². The van der Waals surface area contributed by atoms with Crippen molar-refractivity contribution in [2.75, 3.05) is 12.4 Å². The Balaban J connectivity index is -0.000000720. The van der Waals surface area contributed by atoms with Crippen LogP contribution in [0, 0.1) is 0 Å². The van der Waals surface area contributed by atoms with E-state index in [0.29, 0.717) is 0 Å². The van der Waals surface area contributed by atoms with Crippen molar-refractivity contribution in [1.29, 1.82) is 0 Å². The molecule has 0 aliphatic heterocycles. The average molecular weight is 228 g/mol. The summed E-state index contributed by atoms with van der Waals surface area (Å²) in [4.78, 5) is 0. The van der Waals surface area contributed by atoms with Crippen LogP contribution < -0.4 is 18.9 Å². The van der Waals surface area contributed by atoms with Gasteiger partial charge in [-0.25, -0.2) is 8.78 Å². The Morgan fingerprint density at radius 2 is 1.79 bits per heavy atom. The van der Waals surface area contributed by atoms with Gasteiger partial charge in [-0.15, -0.1) is 0 Å². The summed E-state index contributed by atoms with van der Waals surface area (Å²) in [5, 5.41) is 0. The van der Waals surface area contributed by atoms with Crippen LogP contribution in [-0.2, 0) is 10.1 Å². The molecule has 0 aromatic rings. The molecule has 0 aromatic carbocycles. The fourth-order valence-electron chi connectivity index (χ4n) is 0.759. The predicted octanol–water partition coefficient (Wildman–Crippen LogP) is -1.58. The largest absolute Gasteiger partial charge is 1.00 e. The Morgan fingerprint density at radius 3 is 2.14 bits per heavy atom. The average Bonchev–Trinajstić information content (AvgIpc) is 1.96. The quantitative estimate of drug-likeness (QED) is 0.441. The van der Waals surface area contributed by atoms with E-state index in [1.54, 1.807) is 0 Å². The molecule has 0 spiro atoms. The Bertz CT molecular complexity index is 240. The van der Waals surface area contributed by atoms with E-state index < -0.39 is 34.9 Å². The normalized spacial score (nSPS) is 15.7. The number of hydrogen-bond acceptors (Lipinski definition) is 2. The van der Waals surface area contributed by atoms with Gasteiger partial charge in [0.05, 0.1) is 6.67 Å². The van der Waals surface area contributed by atoms with Gasteiger partial charge in [0.15, 0.2) is 0 Å². The summed E-state index contributed by atoms with van der Waals surface area (Å²) >= 11 is 0. The minimum absolute atomic E-state index is 0. The molecule has 1 N–H and O–H groups in total. The van der Waals surface area contributed by atoms with Crippen molar-refractivity contribution in [3.05, 3.63) is 0 Å². The second kappa shape index (κ2) is 7.57. The molecular formula is C6H12F3LiO3S. The Kier molecular flexibility index (Phi) is 9.04. The molecule has 0 aliphatic rings. The third-order valence-corrected chi connectivity index (χ3v) is 2.12. The van der Waals surface area contributed by atoms with Gasteiger partial charge in [0.1, 0.15) is 18.1 Å². The van der Waals surface area contributed by atoms with Gasteiger partial charge < -0.3 is 1.43 Å². The van der Waals surface area contributed by atoms with Crippen molar-refractivity contribution in [2.24, 2.45) is 0 Å². The van der Waals surface area contributed by atoms with E-state index in [4.69, 9.17) is 4.55 Å². The van der Waals surface area contributed by atoms with Gasteiger partial charge in [0.25, 0.3) is 10.1 Å². The van der Waals surface area contributed by atoms with Crippen LogP contribution in [0.4, 0.5) is 13.2 Å². The van der Waals surface area contributed by atoms with Crippen LogP contribution in [0.15, 0.2) is 0 Å². The van der Waals surface area contributed by atoms with Crippen molar-refractivity contribution < 1.29 is 46.4 Å². The summed E-state index contributed by atoms with van der Waals surface area (Å²) in [6.07, 6.45) is -4.88. The molecule has 3 nitrogen and oxygen atoms in total. The van der Waals surface area contributed by atoms with E-state index in [1.807, 2.05) is 0 Å². The zero-order valence-corrected chi connectivity index (χ0v) is 8.61. The fourth-order valence-corrected chi connectivity index (χ4v) is 1.37. The zero-order chi connectivity index (χ0) is 10.5. The molecule has 0 rings (SSSR count). The van der Waals surface area contributed by atoms with Crippen LogP contribution >= 0.6 is 0 Å². The van der Waals surface area contributed by atoms with Crippen molar-refractivity contribution >= 4 is 10.1 Å². The molecule has 0 bridgehead atoms. The first kappa shape index (κ1) is 16.7. The van der Waals surface area contributed by atoms with E-state index in [1.165, 1.54) is 0 Å². The van der Waals surface area contributed by atoms with Gasteiger partial charge in [0, 0.05) is 0 Å². The standard InChI is InChI=1S/C6H11F3O3S.Li.H/c7-3-1-2-5(8)6(9)4-13(10,11)12;;/h5-6H,1-4H2,(H,10,11,12);;/q;+1;-1. The maximum atomic E-state index is 12.6. The van der Waals surface area contributed by atoms with Crippen molar-refractivity contribution in [2.45, 2.75) is 25.2 Å². The molecule has 0 saturated carbocycles. The summed E-state index contributed by atoms with van der Waals surface area (Å²) < 4.78 is 65.0. The van der Waals surface area contributed by atoms with Gasteiger partial charge in [0.2, 0.25) is 0 Å². The van der Waals surface area contributed by atoms with Crippen LogP contribution in [0.5, 0.6) is 0 Å². The first-order chi connectivity index (χ1) is 5.87. The molecule has 0 amide bonds. The first-order valence-electron chi connectivity index (χ1n) is 3.66. The smallest absolute Gasteiger partial charge is 1.00 e. The van der Waals surface area contributed by atoms with Crippen LogP contribution in [0.1, 0.15) is 14.3 Å². The molecule has 0 heterocycles. The van der Waals surface area contributed by atoms with Crippen LogP contribution in [0.2, 0.25) is 0 Å². The Hall–Kier alpha value is 0.297. The minimum Gasteiger partial charge on any atom is -1.00 e. The third kappa shape index (κ3) is 8.88. The van der Waals surface area contributed by atoms with E-state index in [-0.39, 0.29) is 33.1 Å². The third-order valence-electron chi connectivity index (χ3n) is 1.38. The monoisotopic (exact) mass is 228 g/mol. The second-order valence-corrected chi connectivity index (χ2v) is 4.11. The second-order valence-electron chi connectivity index (χ2n) is 2.61. The van der Waals surface area contributed by atoms with E-state index in [9.17, 15) is 21.6 Å². The molecular weight excluding hydrogens is 216 g/mol. The summed E-state index contributed by atoms with van der Waals surface area (Å²) in [7, 11) is -4.50. The fraction of sp³-hybridized carbons (Fsp3) is 1.00. The SMILES string of the molecule is O=S(=O)(O)CC(F)C(F)CCCF.[H-].[Li+]. The number of hydrogen-bond donors (Lipinski definition) is 1. The molecule has 0 saturated heterocycles. The van der Waals surface area contributed by atoms with Crippen molar-refractivity contribution in [1.82, 2.24) is 0 Å². The molecule has 14 heavy (non-hydrogen) atoms. The van der Waals surface area contributed by atoms with Gasteiger partial charge in [-0.05, 0) is 12.8 Å². The number of alkyl halides is 3. The number of halogens is 3. The molecule has 82 valence electrons. The maximum Gasteiger partial charge on any atom is 1.00 e. The number of rotatable bonds is 6. The predicted molar refractivity (Wildman–Crippen MR) is 42.5 cm³/mol. The molecule has 0 radical (unpaired) electrons. The van der Waals surface area contributed by atoms with Crippen LogP contribution in [-0.4, -0.2) is 37.7 Å². The molecule has 0 fully saturated rings. The van der Waals surface area contributed by atoms with Gasteiger partial charge >= 0.3 is 18.9 Å². The van der Waals surface area contributed by atoms with Crippen molar-refractivity contribution in [3.63, 3.8) is 0 Å². The topological polar surface area (TPSA) is 54.4 Å². The van der Waals surface area contributed by atoms with Gasteiger partial charge in [-0.1, -0.05) is 0 Å². The molecule has 0 aliphatic carbocycles. The molecule has 2 atom stereocenters. The van der Waals surface area contributed by atoms with Crippen molar-refractivity contribution in [3.8, 4) is 0 Å². The molecule has 2 unspecified atom stereocenters. The Morgan fingerprint density at radius 1 is 1.29 bits per heavy atom. The minimum atomic E-state index is -4.50. The first-order valence-corrected chi connectivity index (χ1v) is 5.27.